The SMILES string of the molecule is Cc1cc(NC(C)C(=O)NC2CC2)ccc1C(N)=S. The number of amides is 1. The summed E-state index contributed by atoms with van der Waals surface area (Å²) in [6, 6.07) is 5.86. The summed E-state index contributed by atoms with van der Waals surface area (Å²) < 4.78 is 0. The molecule has 1 atom stereocenters. The Labute approximate surface area is 118 Å². The van der Waals surface area contributed by atoms with Crippen molar-refractivity contribution >= 4 is 28.8 Å². The minimum Gasteiger partial charge on any atom is -0.389 e. The molecule has 1 aliphatic rings. The highest BCUT2D eigenvalue weighted by Gasteiger charge is 2.25. The normalized spacial score (nSPS) is 15.7. The van der Waals surface area contributed by atoms with Crippen LogP contribution >= 0.6 is 12.2 Å². The van der Waals surface area contributed by atoms with Crippen molar-refractivity contribution in [3.8, 4) is 0 Å². The molecule has 0 aliphatic heterocycles. The topological polar surface area (TPSA) is 67.2 Å². The molecule has 4 N–H and O–H groups in total. The minimum atomic E-state index is -0.254. The van der Waals surface area contributed by atoms with Gasteiger partial charge in [-0.05, 0) is 50.5 Å². The third-order valence-electron chi connectivity index (χ3n) is 3.19. The van der Waals surface area contributed by atoms with Crippen LogP contribution in [0.2, 0.25) is 0 Å². The van der Waals surface area contributed by atoms with E-state index >= 15 is 0 Å². The van der Waals surface area contributed by atoms with Crippen molar-refractivity contribution in [2.45, 2.75) is 38.8 Å². The van der Waals surface area contributed by atoms with Gasteiger partial charge in [0.25, 0.3) is 0 Å². The smallest absolute Gasteiger partial charge is 0.242 e. The third kappa shape index (κ3) is 3.67. The molecule has 102 valence electrons. The van der Waals surface area contributed by atoms with Gasteiger partial charge in [-0.2, -0.15) is 0 Å². The molecule has 1 aromatic rings. The quantitative estimate of drug-likeness (QED) is 0.717. The lowest BCUT2D eigenvalue weighted by Gasteiger charge is -2.16. The van der Waals surface area contributed by atoms with E-state index in [0.29, 0.717) is 11.0 Å². The zero-order chi connectivity index (χ0) is 14.0. The molecule has 1 unspecified atom stereocenters. The number of thiocarbonyl (C=S) groups is 1. The van der Waals surface area contributed by atoms with Crippen molar-refractivity contribution in [1.29, 1.82) is 0 Å². The zero-order valence-corrected chi connectivity index (χ0v) is 12.0. The molecule has 0 spiro atoms. The molecule has 4 nitrogen and oxygen atoms in total. The van der Waals surface area contributed by atoms with E-state index < -0.39 is 0 Å². The lowest BCUT2D eigenvalue weighted by Crippen LogP contribution is -2.38. The highest BCUT2D eigenvalue weighted by Crippen LogP contribution is 2.19. The third-order valence-corrected chi connectivity index (χ3v) is 3.41. The molecule has 1 saturated carbocycles. The molecule has 0 aromatic heterocycles. The van der Waals surface area contributed by atoms with Crippen LogP contribution in [0.25, 0.3) is 0 Å². The largest absolute Gasteiger partial charge is 0.389 e. The van der Waals surface area contributed by atoms with Gasteiger partial charge in [0.15, 0.2) is 0 Å². The highest BCUT2D eigenvalue weighted by molar-refractivity contribution is 7.80. The van der Waals surface area contributed by atoms with Crippen molar-refractivity contribution in [3.05, 3.63) is 29.3 Å². The molecule has 0 bridgehead atoms. The molecule has 2 rings (SSSR count). The fourth-order valence-corrected chi connectivity index (χ4v) is 2.13. The van der Waals surface area contributed by atoms with Gasteiger partial charge in [0, 0.05) is 17.3 Å². The summed E-state index contributed by atoms with van der Waals surface area (Å²) in [5.74, 6) is 0.0403. The maximum Gasteiger partial charge on any atom is 0.242 e. The fourth-order valence-electron chi connectivity index (χ4n) is 1.90. The van der Waals surface area contributed by atoms with Crippen LogP contribution in [0.15, 0.2) is 18.2 Å². The van der Waals surface area contributed by atoms with E-state index in [-0.39, 0.29) is 11.9 Å². The Kier molecular flexibility index (Phi) is 4.04. The number of rotatable bonds is 5. The number of benzene rings is 1. The predicted molar refractivity (Wildman–Crippen MR) is 81.3 cm³/mol. The van der Waals surface area contributed by atoms with Gasteiger partial charge >= 0.3 is 0 Å². The number of hydrogen-bond acceptors (Lipinski definition) is 3. The first-order valence-electron chi connectivity index (χ1n) is 6.44. The first kappa shape index (κ1) is 13.8. The van der Waals surface area contributed by atoms with Crippen LogP contribution < -0.4 is 16.4 Å². The lowest BCUT2D eigenvalue weighted by atomic mass is 10.1. The summed E-state index contributed by atoms with van der Waals surface area (Å²) in [5.41, 5.74) is 8.40. The van der Waals surface area contributed by atoms with E-state index in [4.69, 9.17) is 18.0 Å². The van der Waals surface area contributed by atoms with Crippen molar-refractivity contribution < 1.29 is 4.79 Å². The summed E-state index contributed by atoms with van der Waals surface area (Å²) in [6.07, 6.45) is 2.19. The first-order valence-corrected chi connectivity index (χ1v) is 6.85. The molecule has 5 heteroatoms. The van der Waals surface area contributed by atoms with Crippen LogP contribution in [-0.2, 0) is 4.79 Å². The Morgan fingerprint density at radius 2 is 2.16 bits per heavy atom. The second-order valence-electron chi connectivity index (χ2n) is 5.04. The van der Waals surface area contributed by atoms with Gasteiger partial charge in [-0.25, -0.2) is 0 Å². The standard InChI is InChI=1S/C14H19N3OS/c1-8-7-11(5-6-12(8)13(15)19)16-9(2)14(18)17-10-3-4-10/h5-7,9-10,16H,3-4H2,1-2H3,(H2,15,19)(H,17,18). The van der Waals surface area contributed by atoms with Gasteiger partial charge in [0.2, 0.25) is 5.91 Å². The van der Waals surface area contributed by atoms with E-state index in [1.165, 1.54) is 0 Å². The maximum absolute atomic E-state index is 11.8. The van der Waals surface area contributed by atoms with Crippen LogP contribution in [0.3, 0.4) is 0 Å². The monoisotopic (exact) mass is 277 g/mol. The molecule has 19 heavy (non-hydrogen) atoms. The maximum atomic E-state index is 11.8. The average molecular weight is 277 g/mol. The predicted octanol–water partition coefficient (Wildman–Crippen LogP) is 1.71. The van der Waals surface area contributed by atoms with Gasteiger partial charge in [-0.3, -0.25) is 4.79 Å². The molecule has 0 saturated heterocycles. The Hall–Kier alpha value is -1.62. The second-order valence-corrected chi connectivity index (χ2v) is 5.48. The van der Waals surface area contributed by atoms with E-state index in [0.717, 1.165) is 29.7 Å². The number of carbonyl (C=O) groups is 1. The highest BCUT2D eigenvalue weighted by atomic mass is 32.1. The van der Waals surface area contributed by atoms with E-state index in [1.807, 2.05) is 32.0 Å². The van der Waals surface area contributed by atoms with Gasteiger partial charge in [-0.15, -0.1) is 0 Å². The molecule has 1 aromatic carbocycles. The van der Waals surface area contributed by atoms with E-state index in [9.17, 15) is 4.79 Å². The van der Waals surface area contributed by atoms with Gasteiger partial charge in [0.05, 0.1) is 0 Å². The van der Waals surface area contributed by atoms with Crippen molar-refractivity contribution in [3.63, 3.8) is 0 Å². The number of carbonyl (C=O) groups excluding carboxylic acids is 1. The summed E-state index contributed by atoms with van der Waals surface area (Å²) in [7, 11) is 0. The first-order chi connectivity index (χ1) is 8.97. The van der Waals surface area contributed by atoms with Crippen LogP contribution in [0.5, 0.6) is 0 Å². The molecule has 1 aliphatic carbocycles. The Morgan fingerprint density at radius 1 is 1.47 bits per heavy atom. The van der Waals surface area contributed by atoms with Gasteiger partial charge in [-0.1, -0.05) is 12.2 Å². The minimum absolute atomic E-state index is 0.0403. The fraction of sp³-hybridized carbons (Fsp3) is 0.429. The molecular formula is C14H19N3OS. The molecule has 1 fully saturated rings. The van der Waals surface area contributed by atoms with E-state index in [2.05, 4.69) is 10.6 Å². The molecule has 1 amide bonds. The molecular weight excluding hydrogens is 258 g/mol. The molecule has 0 radical (unpaired) electrons. The van der Waals surface area contributed by atoms with Gasteiger partial charge < -0.3 is 16.4 Å². The zero-order valence-electron chi connectivity index (χ0n) is 11.2. The summed E-state index contributed by atoms with van der Waals surface area (Å²) in [4.78, 5) is 12.2. The average Bonchev–Trinajstić information content (AvgIpc) is 3.12. The van der Waals surface area contributed by atoms with Gasteiger partial charge in [0.1, 0.15) is 11.0 Å². The van der Waals surface area contributed by atoms with Crippen LogP contribution in [-0.4, -0.2) is 23.0 Å². The number of anilines is 1. The Bertz CT molecular complexity index is 511. The van der Waals surface area contributed by atoms with Crippen LogP contribution in [0, 0.1) is 6.92 Å². The number of aryl methyl sites for hydroxylation is 1. The Balaban J connectivity index is 1.99. The van der Waals surface area contributed by atoms with Crippen molar-refractivity contribution in [2.75, 3.05) is 5.32 Å². The Morgan fingerprint density at radius 3 is 2.68 bits per heavy atom. The number of nitrogens with two attached hydrogens (primary N) is 1. The summed E-state index contributed by atoms with van der Waals surface area (Å²) in [6.45, 7) is 3.81. The van der Waals surface area contributed by atoms with E-state index in [1.54, 1.807) is 0 Å². The van der Waals surface area contributed by atoms with Crippen molar-refractivity contribution in [2.24, 2.45) is 5.73 Å². The summed E-state index contributed by atoms with van der Waals surface area (Å²) >= 11 is 4.97. The number of hydrogen-bond donors (Lipinski definition) is 3. The second kappa shape index (κ2) is 5.57. The van der Waals surface area contributed by atoms with Crippen molar-refractivity contribution in [1.82, 2.24) is 5.32 Å². The summed E-state index contributed by atoms with van der Waals surface area (Å²) in [5, 5.41) is 6.16. The molecule has 0 heterocycles. The lowest BCUT2D eigenvalue weighted by molar-refractivity contribution is -0.121. The van der Waals surface area contributed by atoms with Crippen LogP contribution in [0.4, 0.5) is 5.69 Å². The van der Waals surface area contributed by atoms with Crippen LogP contribution in [0.1, 0.15) is 30.9 Å². The number of nitrogens with one attached hydrogen (secondary N) is 2.